The summed E-state index contributed by atoms with van der Waals surface area (Å²) < 4.78 is 0. The third-order valence-electron chi connectivity index (χ3n) is 3.42. The van der Waals surface area contributed by atoms with E-state index in [1.54, 1.807) is 0 Å². The minimum atomic E-state index is -0.120. The predicted octanol–water partition coefficient (Wildman–Crippen LogP) is 3.21. The standard InChI is InChI=1S/C16H15NO/c1-11-6-8-12(9-7-11)16(18)15-10-13-4-2-3-5-14(13)17-15/h2-9,15,17H,10H2,1H3. The summed E-state index contributed by atoms with van der Waals surface area (Å²) in [4.78, 5) is 12.4. The zero-order valence-electron chi connectivity index (χ0n) is 10.3. The molecule has 1 atom stereocenters. The molecule has 0 bridgehead atoms. The van der Waals surface area contributed by atoms with Crippen molar-refractivity contribution in [1.82, 2.24) is 0 Å². The van der Waals surface area contributed by atoms with Crippen LogP contribution in [0, 0.1) is 6.92 Å². The zero-order chi connectivity index (χ0) is 12.5. The van der Waals surface area contributed by atoms with Gasteiger partial charge in [0.25, 0.3) is 0 Å². The maximum atomic E-state index is 12.4. The largest absolute Gasteiger partial charge is 0.374 e. The van der Waals surface area contributed by atoms with E-state index in [-0.39, 0.29) is 11.8 Å². The molecule has 90 valence electrons. The first-order valence-electron chi connectivity index (χ1n) is 6.19. The number of hydrogen-bond donors (Lipinski definition) is 1. The molecule has 0 aromatic heterocycles. The number of Topliss-reactive ketones (excluding diaryl/α,β-unsaturated/α-hetero) is 1. The molecule has 1 N–H and O–H groups in total. The van der Waals surface area contributed by atoms with Crippen molar-refractivity contribution >= 4 is 11.5 Å². The summed E-state index contributed by atoms with van der Waals surface area (Å²) in [5.41, 5.74) is 4.27. The molecule has 0 amide bonds. The number of carbonyl (C=O) groups is 1. The molecule has 0 aliphatic carbocycles. The van der Waals surface area contributed by atoms with Crippen LogP contribution in [0.1, 0.15) is 21.5 Å². The minimum absolute atomic E-state index is 0.120. The molecule has 1 aliphatic heterocycles. The number of hydrogen-bond acceptors (Lipinski definition) is 2. The van der Waals surface area contributed by atoms with Crippen LogP contribution in [0.25, 0.3) is 0 Å². The van der Waals surface area contributed by atoms with Crippen LogP contribution in [0.15, 0.2) is 48.5 Å². The van der Waals surface area contributed by atoms with Gasteiger partial charge in [0.1, 0.15) is 0 Å². The molecular formula is C16H15NO. The molecule has 1 heterocycles. The van der Waals surface area contributed by atoms with Crippen molar-refractivity contribution in [3.63, 3.8) is 0 Å². The maximum absolute atomic E-state index is 12.4. The summed E-state index contributed by atoms with van der Waals surface area (Å²) in [6, 6.07) is 15.8. The second-order valence-electron chi connectivity index (χ2n) is 4.79. The summed E-state index contributed by atoms with van der Waals surface area (Å²) in [5, 5.41) is 3.30. The first-order chi connectivity index (χ1) is 8.74. The van der Waals surface area contributed by atoms with E-state index in [9.17, 15) is 4.79 Å². The van der Waals surface area contributed by atoms with Crippen LogP contribution in [-0.4, -0.2) is 11.8 Å². The Balaban J connectivity index is 1.82. The highest BCUT2D eigenvalue weighted by Gasteiger charge is 2.26. The fourth-order valence-corrected chi connectivity index (χ4v) is 2.38. The molecule has 18 heavy (non-hydrogen) atoms. The number of ketones is 1. The number of rotatable bonds is 2. The molecule has 0 radical (unpaired) electrons. The molecule has 1 unspecified atom stereocenters. The number of carbonyl (C=O) groups excluding carboxylic acids is 1. The quantitative estimate of drug-likeness (QED) is 0.812. The smallest absolute Gasteiger partial charge is 0.185 e. The summed E-state index contributed by atoms with van der Waals surface area (Å²) in [5.74, 6) is 0.172. The average molecular weight is 237 g/mol. The Hall–Kier alpha value is -2.09. The number of fused-ring (bicyclic) bond motifs is 1. The van der Waals surface area contributed by atoms with Gasteiger partial charge in [-0.05, 0) is 18.6 Å². The van der Waals surface area contributed by atoms with Gasteiger partial charge >= 0.3 is 0 Å². The van der Waals surface area contributed by atoms with Crippen LogP contribution in [-0.2, 0) is 6.42 Å². The van der Waals surface area contributed by atoms with E-state index in [1.807, 2.05) is 49.4 Å². The number of anilines is 1. The molecule has 3 rings (SSSR count). The van der Waals surface area contributed by atoms with E-state index in [0.29, 0.717) is 0 Å². The Kier molecular flexibility index (Phi) is 2.63. The van der Waals surface area contributed by atoms with Crippen molar-refractivity contribution in [3.05, 3.63) is 65.2 Å². The number of nitrogens with one attached hydrogen (secondary N) is 1. The Labute approximate surface area is 107 Å². The molecule has 0 saturated heterocycles. The Morgan fingerprint density at radius 3 is 2.56 bits per heavy atom. The molecule has 2 aromatic rings. The summed E-state index contributed by atoms with van der Waals surface area (Å²) in [7, 11) is 0. The molecule has 1 aliphatic rings. The van der Waals surface area contributed by atoms with Gasteiger partial charge in [-0.3, -0.25) is 4.79 Å². The van der Waals surface area contributed by atoms with Crippen molar-refractivity contribution in [3.8, 4) is 0 Å². The van der Waals surface area contributed by atoms with Gasteiger partial charge in [0.2, 0.25) is 0 Å². The SMILES string of the molecule is Cc1ccc(C(=O)C2Cc3ccccc3N2)cc1. The van der Waals surface area contributed by atoms with Crippen molar-refractivity contribution < 1.29 is 4.79 Å². The Morgan fingerprint density at radius 2 is 1.83 bits per heavy atom. The highest BCUT2D eigenvalue weighted by molar-refractivity contribution is 6.02. The fourth-order valence-electron chi connectivity index (χ4n) is 2.38. The third-order valence-corrected chi connectivity index (χ3v) is 3.42. The number of aryl methyl sites for hydroxylation is 1. The van der Waals surface area contributed by atoms with Crippen LogP contribution >= 0.6 is 0 Å². The zero-order valence-corrected chi connectivity index (χ0v) is 10.3. The minimum Gasteiger partial charge on any atom is -0.374 e. The lowest BCUT2D eigenvalue weighted by Crippen LogP contribution is -2.26. The van der Waals surface area contributed by atoms with E-state index < -0.39 is 0 Å². The average Bonchev–Trinajstić information content (AvgIpc) is 2.82. The van der Waals surface area contributed by atoms with E-state index >= 15 is 0 Å². The molecule has 0 spiro atoms. The normalized spacial score (nSPS) is 17.1. The first kappa shape index (κ1) is 11.0. The van der Waals surface area contributed by atoms with E-state index in [2.05, 4.69) is 11.4 Å². The molecule has 2 nitrogen and oxygen atoms in total. The van der Waals surface area contributed by atoms with Crippen LogP contribution in [0.2, 0.25) is 0 Å². The molecule has 2 heteroatoms. The lowest BCUT2D eigenvalue weighted by molar-refractivity contribution is 0.0971. The maximum Gasteiger partial charge on any atom is 0.185 e. The van der Waals surface area contributed by atoms with Gasteiger partial charge in [-0.1, -0.05) is 48.0 Å². The van der Waals surface area contributed by atoms with Crippen molar-refractivity contribution in [1.29, 1.82) is 0 Å². The van der Waals surface area contributed by atoms with Crippen LogP contribution < -0.4 is 5.32 Å². The fraction of sp³-hybridized carbons (Fsp3) is 0.188. The second-order valence-corrected chi connectivity index (χ2v) is 4.79. The Bertz CT molecular complexity index is 561. The molecule has 0 fully saturated rings. The van der Waals surface area contributed by atoms with Crippen molar-refractivity contribution in [2.24, 2.45) is 0 Å². The van der Waals surface area contributed by atoms with Gasteiger partial charge in [-0.2, -0.15) is 0 Å². The lowest BCUT2D eigenvalue weighted by Gasteiger charge is -2.10. The van der Waals surface area contributed by atoms with E-state index in [0.717, 1.165) is 17.7 Å². The Morgan fingerprint density at radius 1 is 1.11 bits per heavy atom. The first-order valence-corrected chi connectivity index (χ1v) is 6.19. The van der Waals surface area contributed by atoms with Gasteiger partial charge in [-0.15, -0.1) is 0 Å². The van der Waals surface area contributed by atoms with E-state index in [1.165, 1.54) is 11.1 Å². The molecule has 0 saturated carbocycles. The monoisotopic (exact) mass is 237 g/mol. The van der Waals surface area contributed by atoms with Crippen molar-refractivity contribution in [2.45, 2.75) is 19.4 Å². The summed E-state index contributed by atoms with van der Waals surface area (Å²) >= 11 is 0. The van der Waals surface area contributed by atoms with Crippen molar-refractivity contribution in [2.75, 3.05) is 5.32 Å². The second kappa shape index (κ2) is 4.30. The predicted molar refractivity (Wildman–Crippen MR) is 73.1 cm³/mol. The summed E-state index contributed by atoms with van der Waals surface area (Å²) in [6.45, 7) is 2.03. The lowest BCUT2D eigenvalue weighted by atomic mass is 10.0. The van der Waals surface area contributed by atoms with Gasteiger partial charge in [0.15, 0.2) is 5.78 Å². The van der Waals surface area contributed by atoms with E-state index in [4.69, 9.17) is 0 Å². The third kappa shape index (κ3) is 1.90. The van der Waals surface area contributed by atoms with Crippen LogP contribution in [0.3, 0.4) is 0 Å². The van der Waals surface area contributed by atoms with Gasteiger partial charge in [0, 0.05) is 17.7 Å². The number of benzene rings is 2. The highest BCUT2D eigenvalue weighted by atomic mass is 16.1. The van der Waals surface area contributed by atoms with Gasteiger partial charge in [-0.25, -0.2) is 0 Å². The van der Waals surface area contributed by atoms with Crippen LogP contribution in [0.5, 0.6) is 0 Å². The van der Waals surface area contributed by atoms with Crippen LogP contribution in [0.4, 0.5) is 5.69 Å². The highest BCUT2D eigenvalue weighted by Crippen LogP contribution is 2.26. The molecular weight excluding hydrogens is 222 g/mol. The summed E-state index contributed by atoms with van der Waals surface area (Å²) in [6.07, 6.45) is 0.781. The topological polar surface area (TPSA) is 29.1 Å². The molecule has 2 aromatic carbocycles. The van der Waals surface area contributed by atoms with Gasteiger partial charge < -0.3 is 5.32 Å². The number of para-hydroxylation sites is 1. The van der Waals surface area contributed by atoms with Gasteiger partial charge in [0.05, 0.1) is 6.04 Å².